The van der Waals surface area contributed by atoms with Crippen LogP contribution in [0.5, 0.6) is 5.75 Å². The maximum absolute atomic E-state index is 5.49. The Morgan fingerprint density at radius 3 is 2.45 bits per heavy atom. The summed E-state index contributed by atoms with van der Waals surface area (Å²) in [6.07, 6.45) is 2.93. The van der Waals surface area contributed by atoms with Gasteiger partial charge in [0.1, 0.15) is 11.5 Å². The van der Waals surface area contributed by atoms with Crippen molar-refractivity contribution < 1.29 is 9.15 Å². The van der Waals surface area contributed by atoms with Crippen LogP contribution in [-0.2, 0) is 0 Å². The van der Waals surface area contributed by atoms with E-state index in [1.807, 2.05) is 32.2 Å². The fourth-order valence-corrected chi connectivity index (χ4v) is 2.26. The molecule has 0 aliphatic rings. The van der Waals surface area contributed by atoms with Gasteiger partial charge >= 0.3 is 0 Å². The molecular weight excluding hydrogens is 250 g/mol. The van der Waals surface area contributed by atoms with E-state index in [9.17, 15) is 0 Å². The second kappa shape index (κ2) is 7.15. The molecule has 0 fully saturated rings. The Morgan fingerprint density at radius 1 is 1.15 bits per heavy atom. The normalized spacial score (nSPS) is 12.3. The highest BCUT2D eigenvalue weighted by atomic mass is 16.5. The number of hydrogen-bond acceptors (Lipinski definition) is 3. The molecule has 3 nitrogen and oxygen atoms in total. The summed E-state index contributed by atoms with van der Waals surface area (Å²) in [5, 5.41) is 3.57. The summed E-state index contributed by atoms with van der Waals surface area (Å²) in [6, 6.07) is 10.5. The molecule has 0 aliphatic carbocycles. The number of aryl methyl sites for hydroxylation is 1. The molecule has 1 heterocycles. The first-order chi connectivity index (χ1) is 9.74. The molecule has 0 aliphatic heterocycles. The van der Waals surface area contributed by atoms with Gasteiger partial charge in [-0.15, -0.1) is 0 Å². The molecule has 1 aromatic carbocycles. The molecule has 0 bridgehead atoms. The molecule has 1 N–H and O–H groups in total. The summed E-state index contributed by atoms with van der Waals surface area (Å²) in [7, 11) is 0. The molecule has 0 saturated heterocycles. The Hall–Kier alpha value is -1.74. The van der Waals surface area contributed by atoms with Gasteiger partial charge in [0.25, 0.3) is 0 Å². The molecule has 0 saturated carbocycles. The second-order valence-corrected chi connectivity index (χ2v) is 4.88. The average molecular weight is 273 g/mol. The van der Waals surface area contributed by atoms with Gasteiger partial charge in [-0.2, -0.15) is 0 Å². The van der Waals surface area contributed by atoms with E-state index in [2.05, 4.69) is 30.4 Å². The van der Waals surface area contributed by atoms with Crippen molar-refractivity contribution >= 4 is 0 Å². The van der Waals surface area contributed by atoms with Crippen molar-refractivity contribution in [3.05, 3.63) is 53.5 Å². The lowest BCUT2D eigenvalue weighted by Gasteiger charge is -2.18. The molecule has 1 atom stereocenters. The van der Waals surface area contributed by atoms with Crippen LogP contribution in [0.2, 0.25) is 0 Å². The smallest absolute Gasteiger partial charge is 0.119 e. The molecule has 20 heavy (non-hydrogen) atoms. The van der Waals surface area contributed by atoms with Crippen LogP contribution in [0, 0.1) is 6.92 Å². The molecule has 1 aromatic heterocycles. The molecule has 0 spiro atoms. The van der Waals surface area contributed by atoms with Gasteiger partial charge in [0.15, 0.2) is 0 Å². The maximum Gasteiger partial charge on any atom is 0.119 e. The van der Waals surface area contributed by atoms with Crippen molar-refractivity contribution in [2.24, 2.45) is 0 Å². The van der Waals surface area contributed by atoms with E-state index in [0.717, 1.165) is 24.5 Å². The summed E-state index contributed by atoms with van der Waals surface area (Å²) in [6.45, 7) is 7.80. The lowest BCUT2D eigenvalue weighted by atomic mass is 10.0. The highest BCUT2D eigenvalue weighted by Crippen LogP contribution is 2.25. The Morgan fingerprint density at radius 2 is 1.90 bits per heavy atom. The average Bonchev–Trinajstić information content (AvgIpc) is 2.88. The van der Waals surface area contributed by atoms with Gasteiger partial charge in [0.2, 0.25) is 0 Å². The van der Waals surface area contributed by atoms with E-state index in [-0.39, 0.29) is 6.04 Å². The number of nitrogens with one attached hydrogen (secondary N) is 1. The minimum absolute atomic E-state index is 0.170. The van der Waals surface area contributed by atoms with Gasteiger partial charge in [-0.25, -0.2) is 0 Å². The topological polar surface area (TPSA) is 34.4 Å². The van der Waals surface area contributed by atoms with Crippen LogP contribution in [0.25, 0.3) is 0 Å². The third kappa shape index (κ3) is 3.64. The second-order valence-electron chi connectivity index (χ2n) is 4.88. The van der Waals surface area contributed by atoms with Gasteiger partial charge in [0, 0.05) is 5.56 Å². The van der Waals surface area contributed by atoms with Gasteiger partial charge < -0.3 is 14.5 Å². The zero-order valence-electron chi connectivity index (χ0n) is 12.5. The third-order valence-electron chi connectivity index (χ3n) is 3.21. The van der Waals surface area contributed by atoms with Crippen LogP contribution in [0.4, 0.5) is 0 Å². The molecule has 2 aromatic rings. The number of ether oxygens (including phenoxy) is 1. The van der Waals surface area contributed by atoms with Crippen molar-refractivity contribution in [3.8, 4) is 5.75 Å². The minimum Gasteiger partial charge on any atom is -0.494 e. The Kier molecular flexibility index (Phi) is 5.24. The lowest BCUT2D eigenvalue weighted by Crippen LogP contribution is -2.22. The SMILES string of the molecule is CCCNC(c1ccc(OCC)cc1)c1coc(C)c1. The Labute approximate surface area is 121 Å². The van der Waals surface area contributed by atoms with Crippen LogP contribution >= 0.6 is 0 Å². The van der Waals surface area contributed by atoms with E-state index in [1.54, 1.807) is 0 Å². The van der Waals surface area contributed by atoms with Crippen molar-refractivity contribution in [2.45, 2.75) is 33.2 Å². The Balaban J connectivity index is 2.21. The minimum atomic E-state index is 0.170. The summed E-state index contributed by atoms with van der Waals surface area (Å²) < 4.78 is 10.9. The Bertz CT molecular complexity index is 516. The van der Waals surface area contributed by atoms with Crippen molar-refractivity contribution in [2.75, 3.05) is 13.2 Å². The van der Waals surface area contributed by atoms with Gasteiger partial charge in [-0.05, 0) is 50.6 Å². The monoisotopic (exact) mass is 273 g/mol. The summed E-state index contributed by atoms with van der Waals surface area (Å²) in [5.74, 6) is 1.85. The van der Waals surface area contributed by atoms with Crippen LogP contribution in [0.3, 0.4) is 0 Å². The van der Waals surface area contributed by atoms with E-state index < -0.39 is 0 Å². The highest BCUT2D eigenvalue weighted by molar-refractivity contribution is 5.35. The first-order valence-electron chi connectivity index (χ1n) is 7.25. The zero-order valence-corrected chi connectivity index (χ0v) is 12.5. The fourth-order valence-electron chi connectivity index (χ4n) is 2.26. The summed E-state index contributed by atoms with van der Waals surface area (Å²) >= 11 is 0. The van der Waals surface area contributed by atoms with Crippen LogP contribution < -0.4 is 10.1 Å². The number of rotatable bonds is 7. The predicted molar refractivity (Wildman–Crippen MR) is 81.2 cm³/mol. The predicted octanol–water partition coefficient (Wildman–Crippen LogP) is 4.08. The number of hydrogen-bond donors (Lipinski definition) is 1. The van der Waals surface area contributed by atoms with E-state index >= 15 is 0 Å². The number of furan rings is 1. The van der Waals surface area contributed by atoms with Crippen LogP contribution in [0.1, 0.15) is 43.2 Å². The molecule has 0 amide bonds. The van der Waals surface area contributed by atoms with Gasteiger partial charge in [0.05, 0.1) is 18.9 Å². The molecule has 2 rings (SSSR count). The van der Waals surface area contributed by atoms with E-state index in [4.69, 9.17) is 9.15 Å². The van der Waals surface area contributed by atoms with Gasteiger partial charge in [-0.1, -0.05) is 19.1 Å². The van der Waals surface area contributed by atoms with Crippen LogP contribution in [-0.4, -0.2) is 13.2 Å². The zero-order chi connectivity index (χ0) is 14.4. The first kappa shape index (κ1) is 14.7. The number of benzene rings is 1. The first-order valence-corrected chi connectivity index (χ1v) is 7.25. The molecule has 1 unspecified atom stereocenters. The van der Waals surface area contributed by atoms with Crippen LogP contribution in [0.15, 0.2) is 41.0 Å². The molecule has 0 radical (unpaired) electrons. The lowest BCUT2D eigenvalue weighted by molar-refractivity contribution is 0.340. The van der Waals surface area contributed by atoms with Gasteiger partial charge in [-0.3, -0.25) is 0 Å². The molecule has 3 heteroatoms. The van der Waals surface area contributed by atoms with E-state index in [1.165, 1.54) is 11.1 Å². The van der Waals surface area contributed by atoms with Crippen molar-refractivity contribution in [3.63, 3.8) is 0 Å². The summed E-state index contributed by atoms with van der Waals surface area (Å²) in [4.78, 5) is 0. The van der Waals surface area contributed by atoms with Crippen molar-refractivity contribution in [1.29, 1.82) is 0 Å². The largest absolute Gasteiger partial charge is 0.494 e. The van der Waals surface area contributed by atoms with E-state index in [0.29, 0.717) is 6.61 Å². The standard InChI is InChI=1S/C17H23NO2/c1-4-10-18-17(15-11-13(3)20-12-15)14-6-8-16(9-7-14)19-5-2/h6-9,11-12,17-18H,4-5,10H2,1-3H3. The quantitative estimate of drug-likeness (QED) is 0.825. The van der Waals surface area contributed by atoms with Crippen molar-refractivity contribution in [1.82, 2.24) is 5.32 Å². The molecular formula is C17H23NO2. The molecule has 108 valence electrons. The highest BCUT2D eigenvalue weighted by Gasteiger charge is 2.15. The third-order valence-corrected chi connectivity index (χ3v) is 3.21. The fraction of sp³-hybridized carbons (Fsp3) is 0.412. The summed E-state index contributed by atoms with van der Waals surface area (Å²) in [5.41, 5.74) is 2.39. The maximum atomic E-state index is 5.49.